The molecule has 1 aromatic carbocycles. The summed E-state index contributed by atoms with van der Waals surface area (Å²) in [5, 5.41) is 2.69. The van der Waals surface area contributed by atoms with Crippen LogP contribution < -0.4 is 16.8 Å². The van der Waals surface area contributed by atoms with Crippen molar-refractivity contribution in [2.45, 2.75) is 32.2 Å². The first-order chi connectivity index (χ1) is 8.46. The van der Waals surface area contributed by atoms with Gasteiger partial charge in [0.15, 0.2) is 0 Å². The van der Waals surface area contributed by atoms with Gasteiger partial charge in [-0.15, -0.1) is 0 Å². The molecule has 0 aliphatic heterocycles. The number of primary amides is 1. The standard InChI is InChI=1S/C13H19N3O2/c1-3-13(4-2,12(15)18)16-11(17)9-7-5-6-8-10(9)14/h5-8H,3-4,14H2,1-2H3,(H2,15,18)(H,16,17). The number of rotatable bonds is 5. The van der Waals surface area contributed by atoms with Crippen LogP contribution in [0.3, 0.4) is 0 Å². The summed E-state index contributed by atoms with van der Waals surface area (Å²) < 4.78 is 0. The Morgan fingerprint density at radius 2 is 1.78 bits per heavy atom. The Morgan fingerprint density at radius 3 is 2.22 bits per heavy atom. The van der Waals surface area contributed by atoms with E-state index in [-0.39, 0.29) is 5.91 Å². The number of nitrogens with one attached hydrogen (secondary N) is 1. The minimum Gasteiger partial charge on any atom is -0.398 e. The highest BCUT2D eigenvalue weighted by Crippen LogP contribution is 2.17. The third kappa shape index (κ3) is 2.61. The number of amides is 2. The van der Waals surface area contributed by atoms with Crippen LogP contribution in [0.1, 0.15) is 37.0 Å². The minimum atomic E-state index is -1.01. The van der Waals surface area contributed by atoms with E-state index in [0.29, 0.717) is 24.1 Å². The number of carbonyl (C=O) groups excluding carboxylic acids is 2. The molecular weight excluding hydrogens is 230 g/mol. The van der Waals surface area contributed by atoms with Gasteiger partial charge in [-0.25, -0.2) is 0 Å². The van der Waals surface area contributed by atoms with E-state index in [2.05, 4.69) is 5.32 Å². The lowest BCUT2D eigenvalue weighted by Gasteiger charge is -2.29. The first-order valence-corrected chi connectivity index (χ1v) is 5.93. The first-order valence-electron chi connectivity index (χ1n) is 5.93. The number of hydrogen-bond donors (Lipinski definition) is 3. The molecule has 0 aromatic heterocycles. The highest BCUT2D eigenvalue weighted by molar-refractivity contribution is 6.02. The van der Waals surface area contributed by atoms with Crippen molar-refractivity contribution in [2.24, 2.45) is 5.73 Å². The number of benzene rings is 1. The molecule has 0 saturated heterocycles. The molecule has 0 spiro atoms. The summed E-state index contributed by atoms with van der Waals surface area (Å²) in [6.07, 6.45) is 0.884. The van der Waals surface area contributed by atoms with Gasteiger partial charge in [0.05, 0.1) is 5.56 Å². The number of nitrogen functional groups attached to an aromatic ring is 1. The Hall–Kier alpha value is -2.04. The Labute approximate surface area is 107 Å². The monoisotopic (exact) mass is 249 g/mol. The molecule has 0 unspecified atom stereocenters. The van der Waals surface area contributed by atoms with Gasteiger partial charge >= 0.3 is 0 Å². The highest BCUT2D eigenvalue weighted by Gasteiger charge is 2.34. The van der Waals surface area contributed by atoms with Crippen molar-refractivity contribution in [3.05, 3.63) is 29.8 Å². The normalized spacial score (nSPS) is 11.0. The molecule has 0 atom stereocenters. The number of carbonyl (C=O) groups is 2. The van der Waals surface area contributed by atoms with E-state index in [1.807, 2.05) is 13.8 Å². The second kappa shape index (κ2) is 5.53. The van der Waals surface area contributed by atoms with E-state index < -0.39 is 11.4 Å². The van der Waals surface area contributed by atoms with Crippen molar-refractivity contribution in [1.29, 1.82) is 0 Å². The molecule has 0 aliphatic rings. The van der Waals surface area contributed by atoms with Gasteiger partial charge in [-0.2, -0.15) is 0 Å². The molecule has 0 fully saturated rings. The average molecular weight is 249 g/mol. The zero-order valence-electron chi connectivity index (χ0n) is 10.7. The second-order valence-corrected chi connectivity index (χ2v) is 4.19. The van der Waals surface area contributed by atoms with Crippen molar-refractivity contribution in [1.82, 2.24) is 5.32 Å². The van der Waals surface area contributed by atoms with Gasteiger partial charge in [0.25, 0.3) is 5.91 Å². The fraction of sp³-hybridized carbons (Fsp3) is 0.385. The third-order valence-corrected chi connectivity index (χ3v) is 3.24. The average Bonchev–Trinajstić information content (AvgIpc) is 2.36. The molecule has 0 aliphatic carbocycles. The topological polar surface area (TPSA) is 98.2 Å². The van der Waals surface area contributed by atoms with Crippen LogP contribution in [0.2, 0.25) is 0 Å². The summed E-state index contributed by atoms with van der Waals surface area (Å²) in [6.45, 7) is 3.62. The quantitative estimate of drug-likeness (QED) is 0.680. The number of hydrogen-bond acceptors (Lipinski definition) is 3. The molecule has 5 nitrogen and oxygen atoms in total. The molecule has 5 N–H and O–H groups in total. The van der Waals surface area contributed by atoms with Gasteiger partial charge in [-0.3, -0.25) is 9.59 Å². The molecule has 0 bridgehead atoms. The Kier molecular flexibility index (Phi) is 4.31. The zero-order valence-corrected chi connectivity index (χ0v) is 10.7. The lowest BCUT2D eigenvalue weighted by molar-refractivity contribution is -0.124. The van der Waals surface area contributed by atoms with E-state index in [1.165, 1.54) is 0 Å². The van der Waals surface area contributed by atoms with E-state index in [0.717, 1.165) is 0 Å². The summed E-state index contributed by atoms with van der Waals surface area (Å²) in [7, 11) is 0. The Morgan fingerprint density at radius 1 is 1.22 bits per heavy atom. The summed E-state index contributed by atoms with van der Waals surface area (Å²) in [6, 6.07) is 6.71. The molecule has 18 heavy (non-hydrogen) atoms. The van der Waals surface area contributed by atoms with Crippen molar-refractivity contribution in [3.63, 3.8) is 0 Å². The van der Waals surface area contributed by atoms with Crippen molar-refractivity contribution in [3.8, 4) is 0 Å². The van der Waals surface area contributed by atoms with E-state index in [9.17, 15) is 9.59 Å². The van der Waals surface area contributed by atoms with Crippen LogP contribution in [0.4, 0.5) is 5.69 Å². The minimum absolute atomic E-state index is 0.352. The largest absolute Gasteiger partial charge is 0.398 e. The maximum Gasteiger partial charge on any atom is 0.254 e. The lowest BCUT2D eigenvalue weighted by atomic mass is 9.91. The summed E-state index contributed by atoms with van der Waals surface area (Å²) in [4.78, 5) is 23.6. The van der Waals surface area contributed by atoms with Crippen LogP contribution in [0.5, 0.6) is 0 Å². The number of anilines is 1. The van der Waals surface area contributed by atoms with Crippen molar-refractivity contribution in [2.75, 3.05) is 5.73 Å². The van der Waals surface area contributed by atoms with E-state index in [4.69, 9.17) is 11.5 Å². The summed E-state index contributed by atoms with van der Waals surface area (Å²) in [5.74, 6) is -0.911. The second-order valence-electron chi connectivity index (χ2n) is 4.19. The molecule has 0 saturated carbocycles. The molecule has 2 amide bonds. The van der Waals surface area contributed by atoms with Gasteiger partial charge < -0.3 is 16.8 Å². The van der Waals surface area contributed by atoms with Crippen LogP contribution in [0.25, 0.3) is 0 Å². The summed E-state index contributed by atoms with van der Waals surface area (Å²) >= 11 is 0. The van der Waals surface area contributed by atoms with Crippen LogP contribution in [0, 0.1) is 0 Å². The third-order valence-electron chi connectivity index (χ3n) is 3.24. The van der Waals surface area contributed by atoms with Crippen LogP contribution in [-0.2, 0) is 4.79 Å². The summed E-state index contributed by atoms with van der Waals surface area (Å²) in [5.41, 5.74) is 10.8. The lowest BCUT2D eigenvalue weighted by Crippen LogP contribution is -2.56. The zero-order chi connectivity index (χ0) is 13.8. The predicted octanol–water partition coefficient (Wildman–Crippen LogP) is 1.04. The van der Waals surface area contributed by atoms with Gasteiger partial charge in [0, 0.05) is 5.69 Å². The molecule has 5 heteroatoms. The van der Waals surface area contributed by atoms with Gasteiger partial charge in [0.1, 0.15) is 5.54 Å². The molecular formula is C13H19N3O2. The molecule has 98 valence electrons. The van der Waals surface area contributed by atoms with Crippen molar-refractivity contribution < 1.29 is 9.59 Å². The molecule has 0 radical (unpaired) electrons. The SMILES string of the molecule is CCC(CC)(NC(=O)c1ccccc1N)C(N)=O. The van der Waals surface area contributed by atoms with Gasteiger partial charge in [0.2, 0.25) is 5.91 Å². The maximum atomic E-state index is 12.1. The van der Waals surface area contributed by atoms with Crippen molar-refractivity contribution >= 4 is 17.5 Å². The van der Waals surface area contributed by atoms with Gasteiger partial charge in [-0.05, 0) is 25.0 Å². The van der Waals surface area contributed by atoms with E-state index in [1.54, 1.807) is 24.3 Å². The fourth-order valence-corrected chi connectivity index (χ4v) is 1.83. The van der Waals surface area contributed by atoms with Gasteiger partial charge in [-0.1, -0.05) is 26.0 Å². The molecule has 1 aromatic rings. The highest BCUT2D eigenvalue weighted by atomic mass is 16.2. The fourth-order valence-electron chi connectivity index (χ4n) is 1.83. The smallest absolute Gasteiger partial charge is 0.254 e. The first kappa shape index (κ1) is 14.0. The maximum absolute atomic E-state index is 12.1. The predicted molar refractivity (Wildman–Crippen MR) is 70.8 cm³/mol. The van der Waals surface area contributed by atoms with Crippen LogP contribution in [-0.4, -0.2) is 17.4 Å². The molecule has 0 heterocycles. The Bertz CT molecular complexity index is 453. The van der Waals surface area contributed by atoms with Crippen LogP contribution in [0.15, 0.2) is 24.3 Å². The Balaban J connectivity index is 3.00. The van der Waals surface area contributed by atoms with E-state index >= 15 is 0 Å². The van der Waals surface area contributed by atoms with Crippen LogP contribution >= 0.6 is 0 Å². The number of nitrogens with two attached hydrogens (primary N) is 2. The number of para-hydroxylation sites is 1. The molecule has 1 rings (SSSR count).